The van der Waals surface area contributed by atoms with E-state index in [0.29, 0.717) is 17.0 Å². The van der Waals surface area contributed by atoms with Crippen LogP contribution in [0.25, 0.3) is 0 Å². The van der Waals surface area contributed by atoms with Crippen LogP contribution in [0.2, 0.25) is 0 Å². The molecule has 7 heteroatoms. The number of nitrogens with zero attached hydrogens (tertiary/aromatic N) is 1. The summed E-state index contributed by atoms with van der Waals surface area (Å²) in [5.41, 5.74) is 1.05. The number of carbonyl (C=O) groups is 2. The van der Waals surface area contributed by atoms with Gasteiger partial charge in [0.15, 0.2) is 0 Å². The van der Waals surface area contributed by atoms with Gasteiger partial charge in [0.25, 0.3) is 5.91 Å². The van der Waals surface area contributed by atoms with Crippen molar-refractivity contribution in [1.82, 2.24) is 4.90 Å². The van der Waals surface area contributed by atoms with Crippen LogP contribution in [0.5, 0.6) is 0 Å². The van der Waals surface area contributed by atoms with E-state index in [2.05, 4.69) is 5.32 Å². The number of hydrogen-bond donors (Lipinski definition) is 3. The highest BCUT2D eigenvalue weighted by Gasteiger charge is 2.20. The van der Waals surface area contributed by atoms with Gasteiger partial charge in [0.05, 0.1) is 24.7 Å². The lowest BCUT2D eigenvalue weighted by Gasteiger charge is -2.22. The standard InChI is InChI=1S/C13H16N2O4S/c16-5-3-15(4-6-17)13(19)9-1-2-11-10(7-9)14-12(18)8-20-11/h1-2,7,16-17H,3-6,8H2,(H,14,18). The summed E-state index contributed by atoms with van der Waals surface area (Å²) in [6, 6.07) is 5.11. The van der Waals surface area contributed by atoms with Crippen molar-refractivity contribution in [3.05, 3.63) is 23.8 Å². The highest BCUT2D eigenvalue weighted by molar-refractivity contribution is 8.00. The molecule has 0 bridgehead atoms. The Bertz CT molecular complexity index is 515. The normalized spacial score (nSPS) is 13.6. The Balaban J connectivity index is 2.21. The monoisotopic (exact) mass is 296 g/mol. The molecule has 20 heavy (non-hydrogen) atoms. The molecule has 0 aliphatic carbocycles. The second-order valence-corrected chi connectivity index (χ2v) is 5.30. The van der Waals surface area contributed by atoms with Gasteiger partial charge in [0.2, 0.25) is 5.91 Å². The van der Waals surface area contributed by atoms with Crippen LogP contribution in [0.4, 0.5) is 5.69 Å². The van der Waals surface area contributed by atoms with E-state index in [1.165, 1.54) is 16.7 Å². The number of benzene rings is 1. The van der Waals surface area contributed by atoms with Crippen molar-refractivity contribution >= 4 is 29.3 Å². The number of carbonyl (C=O) groups excluding carboxylic acids is 2. The van der Waals surface area contributed by atoms with Gasteiger partial charge >= 0.3 is 0 Å². The minimum Gasteiger partial charge on any atom is -0.395 e. The van der Waals surface area contributed by atoms with Crippen molar-refractivity contribution in [2.24, 2.45) is 0 Å². The summed E-state index contributed by atoms with van der Waals surface area (Å²) in [4.78, 5) is 25.9. The second kappa shape index (κ2) is 6.74. The minimum absolute atomic E-state index is 0.0883. The van der Waals surface area contributed by atoms with E-state index >= 15 is 0 Å². The molecule has 2 amide bonds. The van der Waals surface area contributed by atoms with E-state index in [4.69, 9.17) is 10.2 Å². The molecule has 6 nitrogen and oxygen atoms in total. The number of anilines is 1. The second-order valence-electron chi connectivity index (χ2n) is 4.29. The SMILES string of the molecule is O=C1CSc2ccc(C(=O)N(CCO)CCO)cc2N1. The zero-order chi connectivity index (χ0) is 14.5. The van der Waals surface area contributed by atoms with Crippen LogP contribution in [0.3, 0.4) is 0 Å². The number of fused-ring (bicyclic) bond motifs is 1. The quantitative estimate of drug-likeness (QED) is 0.720. The topological polar surface area (TPSA) is 89.9 Å². The third-order valence-corrected chi connectivity index (χ3v) is 3.96. The molecule has 108 valence electrons. The highest BCUT2D eigenvalue weighted by atomic mass is 32.2. The fourth-order valence-electron chi connectivity index (χ4n) is 1.96. The largest absolute Gasteiger partial charge is 0.395 e. The molecule has 0 aromatic heterocycles. The van der Waals surface area contributed by atoms with Gasteiger partial charge in [0, 0.05) is 23.5 Å². The molecule has 1 aromatic carbocycles. The number of hydrogen-bond acceptors (Lipinski definition) is 5. The molecule has 0 saturated heterocycles. The van der Waals surface area contributed by atoms with Gasteiger partial charge in [-0.25, -0.2) is 0 Å². The van der Waals surface area contributed by atoms with Crippen LogP contribution in [0, 0.1) is 0 Å². The van der Waals surface area contributed by atoms with Crippen molar-refractivity contribution in [2.45, 2.75) is 4.90 Å². The molecule has 0 unspecified atom stereocenters. The van der Waals surface area contributed by atoms with Crippen molar-refractivity contribution in [2.75, 3.05) is 37.4 Å². The zero-order valence-corrected chi connectivity index (χ0v) is 11.7. The summed E-state index contributed by atoms with van der Waals surface area (Å²) >= 11 is 1.43. The average molecular weight is 296 g/mol. The van der Waals surface area contributed by atoms with Crippen molar-refractivity contribution < 1.29 is 19.8 Å². The van der Waals surface area contributed by atoms with Crippen molar-refractivity contribution in [1.29, 1.82) is 0 Å². The first-order chi connectivity index (χ1) is 9.65. The van der Waals surface area contributed by atoms with E-state index in [9.17, 15) is 9.59 Å². The third kappa shape index (κ3) is 3.30. The number of nitrogens with one attached hydrogen (secondary N) is 1. The molecule has 3 N–H and O–H groups in total. The maximum Gasteiger partial charge on any atom is 0.254 e. The lowest BCUT2D eigenvalue weighted by molar-refractivity contribution is -0.113. The number of amides is 2. The average Bonchev–Trinajstić information content (AvgIpc) is 2.45. The molecular weight excluding hydrogens is 280 g/mol. The van der Waals surface area contributed by atoms with E-state index in [1.807, 2.05) is 0 Å². The first-order valence-electron chi connectivity index (χ1n) is 6.23. The van der Waals surface area contributed by atoms with E-state index in [0.717, 1.165) is 4.90 Å². The van der Waals surface area contributed by atoms with Crippen molar-refractivity contribution in [3.8, 4) is 0 Å². The van der Waals surface area contributed by atoms with Crippen LogP contribution in [0.15, 0.2) is 23.1 Å². The maximum atomic E-state index is 12.3. The summed E-state index contributed by atoms with van der Waals surface area (Å²) < 4.78 is 0. The molecule has 0 atom stereocenters. The maximum absolute atomic E-state index is 12.3. The van der Waals surface area contributed by atoms with E-state index < -0.39 is 0 Å². The molecule has 2 rings (SSSR count). The van der Waals surface area contributed by atoms with Crippen LogP contribution >= 0.6 is 11.8 Å². The fraction of sp³-hybridized carbons (Fsp3) is 0.385. The Labute approximate surface area is 120 Å². The molecular formula is C13H16N2O4S. The smallest absolute Gasteiger partial charge is 0.254 e. The van der Waals surface area contributed by atoms with Gasteiger partial charge in [-0.1, -0.05) is 0 Å². The predicted molar refractivity (Wildman–Crippen MR) is 75.9 cm³/mol. The fourth-order valence-corrected chi connectivity index (χ4v) is 2.74. The van der Waals surface area contributed by atoms with Gasteiger partial charge in [0.1, 0.15) is 0 Å². The molecule has 0 radical (unpaired) electrons. The summed E-state index contributed by atoms with van der Waals surface area (Å²) in [6.07, 6.45) is 0. The number of aliphatic hydroxyl groups is 2. The summed E-state index contributed by atoms with van der Waals surface area (Å²) in [5.74, 6) is 0.0111. The minimum atomic E-state index is -0.277. The van der Waals surface area contributed by atoms with Crippen LogP contribution in [-0.4, -0.2) is 59.0 Å². The predicted octanol–water partition coefficient (Wildman–Crippen LogP) is 0.158. The highest BCUT2D eigenvalue weighted by Crippen LogP contribution is 2.32. The molecule has 1 aliphatic rings. The molecule has 1 aliphatic heterocycles. The lowest BCUT2D eigenvalue weighted by atomic mass is 10.1. The molecule has 0 spiro atoms. The van der Waals surface area contributed by atoms with Gasteiger partial charge in [-0.15, -0.1) is 11.8 Å². The first-order valence-corrected chi connectivity index (χ1v) is 7.22. The number of aliphatic hydroxyl groups excluding tert-OH is 2. The number of thioether (sulfide) groups is 1. The molecule has 1 aromatic rings. The number of rotatable bonds is 5. The lowest BCUT2D eigenvalue weighted by Crippen LogP contribution is -2.36. The Kier molecular flexibility index (Phi) is 4.99. The third-order valence-electron chi connectivity index (χ3n) is 2.89. The molecule has 0 fully saturated rings. The Morgan fingerprint density at radius 1 is 1.30 bits per heavy atom. The van der Waals surface area contributed by atoms with E-state index in [1.54, 1.807) is 18.2 Å². The van der Waals surface area contributed by atoms with Gasteiger partial charge in [-0.3, -0.25) is 9.59 Å². The van der Waals surface area contributed by atoms with Crippen LogP contribution in [0.1, 0.15) is 10.4 Å². The Morgan fingerprint density at radius 2 is 2.00 bits per heavy atom. The molecule has 1 heterocycles. The van der Waals surface area contributed by atoms with Crippen LogP contribution in [-0.2, 0) is 4.79 Å². The van der Waals surface area contributed by atoms with E-state index in [-0.39, 0.29) is 38.1 Å². The summed E-state index contributed by atoms with van der Waals surface area (Å²) in [5, 5.41) is 20.6. The Morgan fingerprint density at radius 3 is 2.65 bits per heavy atom. The van der Waals surface area contributed by atoms with Gasteiger partial charge < -0.3 is 20.4 Å². The van der Waals surface area contributed by atoms with Gasteiger partial charge in [-0.05, 0) is 18.2 Å². The Hall–Kier alpha value is -1.57. The molecule has 0 saturated carbocycles. The first kappa shape index (κ1) is 14.8. The summed E-state index contributed by atoms with van der Waals surface area (Å²) in [7, 11) is 0. The van der Waals surface area contributed by atoms with Gasteiger partial charge in [-0.2, -0.15) is 0 Å². The van der Waals surface area contributed by atoms with Crippen LogP contribution < -0.4 is 5.32 Å². The summed E-state index contributed by atoms with van der Waals surface area (Å²) in [6.45, 7) is 0.00170. The van der Waals surface area contributed by atoms with Crippen molar-refractivity contribution in [3.63, 3.8) is 0 Å². The zero-order valence-electron chi connectivity index (χ0n) is 10.8.